The molecule has 2 heterocycles. The molecular weight excluding hydrogens is 470 g/mol. The van der Waals surface area contributed by atoms with E-state index in [0.717, 1.165) is 43.4 Å². The molecule has 0 unspecified atom stereocenters. The Kier molecular flexibility index (Phi) is 7.74. The van der Waals surface area contributed by atoms with Gasteiger partial charge in [-0.05, 0) is 46.9 Å². The van der Waals surface area contributed by atoms with Gasteiger partial charge in [-0.25, -0.2) is 9.48 Å². The maximum Gasteiger partial charge on any atom is 0.320 e. The van der Waals surface area contributed by atoms with Gasteiger partial charge in [0.05, 0.1) is 6.54 Å². The summed E-state index contributed by atoms with van der Waals surface area (Å²) in [7, 11) is 1.78. The topological polar surface area (TPSA) is 114 Å². The third-order valence-electron chi connectivity index (χ3n) is 7.14. The molecule has 2 N–H and O–H groups in total. The number of esters is 1. The summed E-state index contributed by atoms with van der Waals surface area (Å²) in [5.74, 6) is 0.726. The number of ether oxygens (including phenoxy) is 1. The van der Waals surface area contributed by atoms with Crippen molar-refractivity contribution in [3.8, 4) is 11.4 Å². The van der Waals surface area contributed by atoms with Gasteiger partial charge in [-0.15, -0.1) is 5.10 Å². The maximum absolute atomic E-state index is 12.9. The molecule has 1 saturated carbocycles. The lowest BCUT2D eigenvalue weighted by Gasteiger charge is -2.38. The van der Waals surface area contributed by atoms with Gasteiger partial charge in [0.2, 0.25) is 0 Å². The van der Waals surface area contributed by atoms with Crippen molar-refractivity contribution in [2.24, 2.45) is 13.0 Å². The van der Waals surface area contributed by atoms with Gasteiger partial charge in [-0.3, -0.25) is 9.69 Å². The molecule has 1 saturated heterocycles. The van der Waals surface area contributed by atoms with E-state index in [1.165, 1.54) is 0 Å². The Bertz CT molecular complexity index is 1220. The van der Waals surface area contributed by atoms with Crippen LogP contribution in [0.25, 0.3) is 11.4 Å². The molecule has 0 bridgehead atoms. The Morgan fingerprint density at radius 1 is 1.11 bits per heavy atom. The van der Waals surface area contributed by atoms with Crippen LogP contribution in [0.1, 0.15) is 31.2 Å². The van der Waals surface area contributed by atoms with Crippen molar-refractivity contribution < 1.29 is 14.3 Å². The summed E-state index contributed by atoms with van der Waals surface area (Å²) in [6.45, 7) is 1.77. The largest absolute Gasteiger partial charge is 0.460 e. The van der Waals surface area contributed by atoms with Gasteiger partial charge in [0.25, 0.3) is 0 Å². The van der Waals surface area contributed by atoms with Crippen LogP contribution in [0.2, 0.25) is 0 Å². The predicted molar refractivity (Wildman–Crippen MR) is 139 cm³/mol. The van der Waals surface area contributed by atoms with Gasteiger partial charge < -0.3 is 15.4 Å². The molecule has 3 atom stereocenters. The highest BCUT2D eigenvalue weighted by Crippen LogP contribution is 2.27. The molecule has 1 aliphatic heterocycles. The van der Waals surface area contributed by atoms with E-state index < -0.39 is 0 Å². The highest BCUT2D eigenvalue weighted by Gasteiger charge is 2.32. The number of hydrogen-bond donors (Lipinski definition) is 2. The molecular formula is C27H33N7O3. The fourth-order valence-corrected chi connectivity index (χ4v) is 5.41. The molecule has 2 aliphatic rings. The second kappa shape index (κ2) is 11.5. The zero-order valence-electron chi connectivity index (χ0n) is 21.0. The lowest BCUT2D eigenvalue weighted by Crippen LogP contribution is -2.52. The summed E-state index contributed by atoms with van der Waals surface area (Å²) in [4.78, 5) is 27.5. The predicted octanol–water partition coefficient (Wildman–Crippen LogP) is 3.03. The molecule has 0 spiro atoms. The van der Waals surface area contributed by atoms with E-state index >= 15 is 0 Å². The first kappa shape index (κ1) is 24.9. The third-order valence-corrected chi connectivity index (χ3v) is 7.14. The number of urea groups is 1. The number of carbonyl (C=O) groups is 2. The average molecular weight is 504 g/mol. The first-order valence-electron chi connectivity index (χ1n) is 12.9. The van der Waals surface area contributed by atoms with Gasteiger partial charge in [-0.2, -0.15) is 0 Å². The molecule has 0 radical (unpaired) electrons. The molecule has 10 heteroatoms. The highest BCUT2D eigenvalue weighted by atomic mass is 16.5. The third kappa shape index (κ3) is 6.51. The molecule has 2 fully saturated rings. The van der Waals surface area contributed by atoms with Crippen molar-refractivity contribution in [1.82, 2.24) is 30.4 Å². The van der Waals surface area contributed by atoms with Crippen LogP contribution in [-0.4, -0.2) is 68.9 Å². The number of cyclic esters (lactones) is 1. The van der Waals surface area contributed by atoms with Crippen molar-refractivity contribution in [3.05, 3.63) is 60.2 Å². The van der Waals surface area contributed by atoms with E-state index in [9.17, 15) is 9.59 Å². The van der Waals surface area contributed by atoms with E-state index in [0.29, 0.717) is 31.0 Å². The van der Waals surface area contributed by atoms with Gasteiger partial charge in [0.1, 0.15) is 6.10 Å². The van der Waals surface area contributed by atoms with Gasteiger partial charge in [-0.1, -0.05) is 55.3 Å². The molecule has 2 aromatic carbocycles. The maximum atomic E-state index is 12.9. The minimum absolute atomic E-state index is 0.0467. The lowest BCUT2D eigenvalue weighted by atomic mass is 9.84. The monoisotopic (exact) mass is 503 g/mol. The molecule has 1 aliphatic carbocycles. The van der Waals surface area contributed by atoms with Crippen molar-refractivity contribution >= 4 is 17.7 Å². The fourth-order valence-electron chi connectivity index (χ4n) is 5.41. The van der Waals surface area contributed by atoms with E-state index in [-0.39, 0.29) is 30.1 Å². The van der Waals surface area contributed by atoms with Crippen molar-refractivity contribution in [1.29, 1.82) is 0 Å². The normalized spacial score (nSPS) is 22.3. The van der Waals surface area contributed by atoms with Crippen LogP contribution in [0.5, 0.6) is 0 Å². The first-order valence-corrected chi connectivity index (χ1v) is 12.9. The molecule has 2 amide bonds. The summed E-state index contributed by atoms with van der Waals surface area (Å²) >= 11 is 0. The number of amides is 2. The minimum Gasteiger partial charge on any atom is -0.460 e. The number of tetrazole rings is 1. The molecule has 1 aromatic heterocycles. The summed E-state index contributed by atoms with van der Waals surface area (Å²) in [6.07, 6.45) is 4.71. The Hall–Kier alpha value is -3.79. The van der Waals surface area contributed by atoms with Crippen molar-refractivity contribution in [2.75, 3.05) is 25.0 Å². The summed E-state index contributed by atoms with van der Waals surface area (Å²) in [5.41, 5.74) is 2.66. The van der Waals surface area contributed by atoms with Crippen LogP contribution in [0.15, 0.2) is 54.6 Å². The van der Waals surface area contributed by atoms with Crippen LogP contribution in [0, 0.1) is 5.92 Å². The lowest BCUT2D eigenvalue weighted by molar-refractivity contribution is -0.159. The van der Waals surface area contributed by atoms with E-state index in [2.05, 4.69) is 43.2 Å². The number of hydrogen-bond acceptors (Lipinski definition) is 7. The number of benzene rings is 2. The standard InChI is InChI=1S/C27H33N7O3/c1-33-26(30-31-32-33)20-11-7-12-22(15-20)28-27(36)29-24-13-6-5-10-21(24)16-34-17-23(37-25(35)18-34)14-19-8-3-2-4-9-19/h2-4,7-9,11-12,15,21,23-24H,5-6,10,13-14,16-18H2,1H3,(H2,28,29,36)/t21-,23-,24+/m0/s1. The van der Waals surface area contributed by atoms with E-state index in [1.807, 2.05) is 42.5 Å². The molecule has 194 valence electrons. The number of anilines is 1. The van der Waals surface area contributed by atoms with Gasteiger partial charge in [0.15, 0.2) is 5.82 Å². The highest BCUT2D eigenvalue weighted by molar-refractivity contribution is 5.90. The number of rotatable bonds is 7. The zero-order chi connectivity index (χ0) is 25.6. The molecule has 10 nitrogen and oxygen atoms in total. The second-order valence-corrected chi connectivity index (χ2v) is 9.95. The minimum atomic E-state index is -0.231. The van der Waals surface area contributed by atoms with Crippen LogP contribution in [0.3, 0.4) is 0 Å². The van der Waals surface area contributed by atoms with Crippen molar-refractivity contribution in [2.45, 2.75) is 44.2 Å². The number of aryl methyl sites for hydroxylation is 1. The Labute approximate surface area is 216 Å². The fraction of sp³-hybridized carbons (Fsp3) is 0.444. The number of nitrogens with one attached hydrogen (secondary N) is 2. The first-order chi connectivity index (χ1) is 18.0. The number of carbonyl (C=O) groups excluding carboxylic acids is 2. The smallest absolute Gasteiger partial charge is 0.320 e. The zero-order valence-corrected chi connectivity index (χ0v) is 21.0. The van der Waals surface area contributed by atoms with Crippen LogP contribution in [-0.2, 0) is 23.0 Å². The van der Waals surface area contributed by atoms with Gasteiger partial charge in [0, 0.05) is 43.9 Å². The molecule has 5 rings (SSSR count). The Morgan fingerprint density at radius 2 is 1.95 bits per heavy atom. The van der Waals surface area contributed by atoms with E-state index in [1.54, 1.807) is 11.7 Å². The van der Waals surface area contributed by atoms with Crippen LogP contribution in [0.4, 0.5) is 10.5 Å². The number of morpholine rings is 1. The Balaban J connectivity index is 1.18. The summed E-state index contributed by atoms with van der Waals surface area (Å²) in [6, 6.07) is 17.4. The second-order valence-electron chi connectivity index (χ2n) is 9.95. The number of aromatic nitrogens is 4. The Morgan fingerprint density at radius 3 is 2.76 bits per heavy atom. The van der Waals surface area contributed by atoms with Crippen LogP contribution < -0.4 is 10.6 Å². The van der Waals surface area contributed by atoms with Gasteiger partial charge >= 0.3 is 12.0 Å². The summed E-state index contributed by atoms with van der Waals surface area (Å²) in [5, 5.41) is 17.7. The number of nitrogens with zero attached hydrogens (tertiary/aromatic N) is 5. The van der Waals surface area contributed by atoms with Crippen LogP contribution >= 0.6 is 0 Å². The molecule has 37 heavy (non-hydrogen) atoms. The quantitative estimate of drug-likeness (QED) is 0.477. The van der Waals surface area contributed by atoms with Crippen molar-refractivity contribution in [3.63, 3.8) is 0 Å². The average Bonchev–Trinajstić information content (AvgIpc) is 3.31. The SMILES string of the molecule is Cn1nnnc1-c1cccc(NC(=O)N[C@@H]2CCCC[C@H]2CN2CC(=O)O[C@@H](Cc3ccccc3)C2)c1. The molecule has 3 aromatic rings. The van der Waals surface area contributed by atoms with E-state index in [4.69, 9.17) is 4.74 Å². The summed E-state index contributed by atoms with van der Waals surface area (Å²) < 4.78 is 7.23.